The number of rotatable bonds is 2. The molecule has 1 atom stereocenters. The molecule has 2 rings (SSSR count). The summed E-state index contributed by atoms with van der Waals surface area (Å²) in [7, 11) is 0. The summed E-state index contributed by atoms with van der Waals surface area (Å²) in [5.74, 6) is 0.322. The first kappa shape index (κ1) is 11.8. The van der Waals surface area contributed by atoms with Gasteiger partial charge in [-0.05, 0) is 45.8 Å². The highest BCUT2D eigenvalue weighted by atomic mass is 79.9. The molecule has 5 heteroatoms. The first-order valence-corrected chi connectivity index (χ1v) is 6.12. The molecule has 0 aliphatic heterocycles. The van der Waals surface area contributed by atoms with E-state index in [9.17, 15) is 4.39 Å². The van der Waals surface area contributed by atoms with Gasteiger partial charge in [0.2, 0.25) is 0 Å². The Morgan fingerprint density at radius 2 is 1.94 bits per heavy atom. The quantitative estimate of drug-likeness (QED) is 0.891. The Bertz CT molecular complexity index is 512. The Hall–Kier alpha value is -0.650. The smallest absolute Gasteiger partial charge is 0.169 e. The first-order chi connectivity index (χ1) is 7.58. The largest absolute Gasteiger partial charge is 0.452 e. The molecule has 2 nitrogen and oxygen atoms in total. The highest BCUT2D eigenvalue weighted by Crippen LogP contribution is 2.29. The van der Waals surface area contributed by atoms with Crippen LogP contribution in [-0.2, 0) is 0 Å². The van der Waals surface area contributed by atoms with E-state index in [0.717, 1.165) is 5.56 Å². The minimum absolute atomic E-state index is 0.302. The molecule has 0 spiro atoms. The summed E-state index contributed by atoms with van der Waals surface area (Å²) in [6.07, 6.45) is 0. The third-order valence-corrected chi connectivity index (χ3v) is 3.31. The minimum Gasteiger partial charge on any atom is -0.452 e. The number of furan rings is 1. The van der Waals surface area contributed by atoms with Crippen molar-refractivity contribution >= 4 is 31.9 Å². The van der Waals surface area contributed by atoms with E-state index in [1.54, 1.807) is 18.2 Å². The van der Waals surface area contributed by atoms with Crippen molar-refractivity contribution in [2.24, 2.45) is 5.73 Å². The summed E-state index contributed by atoms with van der Waals surface area (Å²) in [5.41, 5.74) is 6.79. The number of hydrogen-bond acceptors (Lipinski definition) is 2. The molecule has 2 N–H and O–H groups in total. The van der Waals surface area contributed by atoms with Gasteiger partial charge in [-0.2, -0.15) is 0 Å². The van der Waals surface area contributed by atoms with Crippen LogP contribution in [0.5, 0.6) is 0 Å². The molecule has 2 aromatic rings. The van der Waals surface area contributed by atoms with Crippen LogP contribution in [-0.4, -0.2) is 0 Å². The number of halogens is 3. The molecule has 0 saturated heterocycles. The van der Waals surface area contributed by atoms with E-state index >= 15 is 0 Å². The van der Waals surface area contributed by atoms with E-state index in [0.29, 0.717) is 14.9 Å². The molecule has 0 aliphatic rings. The molecule has 0 fully saturated rings. The number of benzene rings is 1. The maximum atomic E-state index is 12.9. The summed E-state index contributed by atoms with van der Waals surface area (Å²) >= 11 is 6.49. The van der Waals surface area contributed by atoms with Crippen LogP contribution in [0.2, 0.25) is 0 Å². The van der Waals surface area contributed by atoms with Crippen molar-refractivity contribution in [3.8, 4) is 0 Å². The van der Waals surface area contributed by atoms with Crippen LogP contribution in [0.3, 0.4) is 0 Å². The van der Waals surface area contributed by atoms with E-state index in [-0.39, 0.29) is 5.82 Å². The molecule has 1 unspecified atom stereocenters. The maximum Gasteiger partial charge on any atom is 0.169 e. The highest BCUT2D eigenvalue weighted by molar-refractivity contribution is 9.10. The number of hydrogen-bond donors (Lipinski definition) is 1. The summed E-state index contributed by atoms with van der Waals surface area (Å²) in [6.45, 7) is 0. The van der Waals surface area contributed by atoms with Crippen LogP contribution < -0.4 is 5.73 Å². The molecule has 16 heavy (non-hydrogen) atoms. The molecule has 84 valence electrons. The fourth-order valence-corrected chi connectivity index (χ4v) is 2.32. The van der Waals surface area contributed by atoms with Gasteiger partial charge in [0.25, 0.3) is 0 Å². The predicted octanol–water partition coefficient (Wildman–Crippen LogP) is 3.99. The van der Waals surface area contributed by atoms with Gasteiger partial charge in [0.15, 0.2) is 4.67 Å². The molecule has 0 aliphatic carbocycles. The normalized spacial score (nSPS) is 12.8. The molecule has 0 radical (unpaired) electrons. The molecule has 0 saturated carbocycles. The van der Waals surface area contributed by atoms with Gasteiger partial charge in [0.1, 0.15) is 11.6 Å². The number of nitrogens with two attached hydrogens (primary N) is 1. The predicted molar refractivity (Wildman–Crippen MR) is 66.5 cm³/mol. The van der Waals surface area contributed by atoms with E-state index in [4.69, 9.17) is 10.2 Å². The van der Waals surface area contributed by atoms with Gasteiger partial charge in [-0.1, -0.05) is 22.0 Å². The van der Waals surface area contributed by atoms with E-state index in [2.05, 4.69) is 31.9 Å². The monoisotopic (exact) mass is 347 g/mol. The SMILES string of the molecule is NC(c1ccc(Br)o1)c1ccc(F)cc1Br. The summed E-state index contributed by atoms with van der Waals surface area (Å²) in [5, 5.41) is 0. The van der Waals surface area contributed by atoms with Crippen molar-refractivity contribution in [3.63, 3.8) is 0 Å². The van der Waals surface area contributed by atoms with Crippen molar-refractivity contribution in [2.45, 2.75) is 6.04 Å². The van der Waals surface area contributed by atoms with Crippen molar-refractivity contribution in [3.05, 3.63) is 56.6 Å². The van der Waals surface area contributed by atoms with Crippen LogP contribution in [0.15, 0.2) is 43.9 Å². The Morgan fingerprint density at radius 3 is 2.50 bits per heavy atom. The Balaban J connectivity index is 2.37. The second-order valence-electron chi connectivity index (χ2n) is 3.29. The van der Waals surface area contributed by atoms with E-state index < -0.39 is 6.04 Å². The molecular weight excluding hydrogens is 341 g/mol. The topological polar surface area (TPSA) is 39.2 Å². The average molecular weight is 349 g/mol. The van der Waals surface area contributed by atoms with Crippen molar-refractivity contribution in [1.29, 1.82) is 0 Å². The van der Waals surface area contributed by atoms with Crippen molar-refractivity contribution < 1.29 is 8.81 Å². The molecular formula is C11H8Br2FNO. The summed E-state index contributed by atoms with van der Waals surface area (Å²) in [6, 6.07) is 7.53. The molecule has 0 amide bonds. The van der Waals surface area contributed by atoms with Gasteiger partial charge in [-0.25, -0.2) is 4.39 Å². The molecule has 1 heterocycles. The third kappa shape index (κ3) is 2.36. The second-order valence-corrected chi connectivity index (χ2v) is 4.92. The minimum atomic E-state index is -0.415. The zero-order valence-corrected chi connectivity index (χ0v) is 11.3. The molecule has 1 aromatic carbocycles. The van der Waals surface area contributed by atoms with Crippen LogP contribution in [0.4, 0.5) is 4.39 Å². The van der Waals surface area contributed by atoms with Crippen molar-refractivity contribution in [2.75, 3.05) is 0 Å². The maximum absolute atomic E-state index is 12.9. The average Bonchev–Trinajstić information content (AvgIpc) is 2.64. The van der Waals surface area contributed by atoms with Gasteiger partial charge in [-0.15, -0.1) is 0 Å². The lowest BCUT2D eigenvalue weighted by atomic mass is 10.1. The Morgan fingerprint density at radius 1 is 1.19 bits per heavy atom. The lowest BCUT2D eigenvalue weighted by Crippen LogP contribution is -2.11. The summed E-state index contributed by atoms with van der Waals surface area (Å²) in [4.78, 5) is 0. The van der Waals surface area contributed by atoms with Crippen LogP contribution >= 0.6 is 31.9 Å². The third-order valence-electron chi connectivity index (χ3n) is 2.20. The fourth-order valence-electron chi connectivity index (χ4n) is 1.40. The Kier molecular flexibility index (Phi) is 3.47. The van der Waals surface area contributed by atoms with Crippen LogP contribution in [0.1, 0.15) is 17.4 Å². The van der Waals surface area contributed by atoms with Crippen LogP contribution in [0, 0.1) is 5.82 Å². The zero-order valence-electron chi connectivity index (χ0n) is 8.08. The highest BCUT2D eigenvalue weighted by Gasteiger charge is 2.15. The zero-order chi connectivity index (χ0) is 11.7. The molecule has 1 aromatic heterocycles. The summed E-state index contributed by atoms with van der Waals surface area (Å²) < 4.78 is 19.5. The van der Waals surface area contributed by atoms with Crippen LogP contribution in [0.25, 0.3) is 0 Å². The fraction of sp³-hybridized carbons (Fsp3) is 0.0909. The van der Waals surface area contributed by atoms with E-state index in [1.807, 2.05) is 0 Å². The first-order valence-electron chi connectivity index (χ1n) is 4.53. The van der Waals surface area contributed by atoms with Gasteiger partial charge in [0, 0.05) is 4.47 Å². The van der Waals surface area contributed by atoms with Gasteiger partial charge in [0.05, 0.1) is 6.04 Å². The van der Waals surface area contributed by atoms with E-state index in [1.165, 1.54) is 12.1 Å². The van der Waals surface area contributed by atoms with Crippen molar-refractivity contribution in [1.82, 2.24) is 0 Å². The molecule has 0 bridgehead atoms. The Labute approximate surface area is 109 Å². The standard InChI is InChI=1S/C11H8Br2FNO/c12-8-5-6(14)1-2-7(8)11(15)9-3-4-10(13)16-9/h1-5,11H,15H2. The lowest BCUT2D eigenvalue weighted by Gasteiger charge is -2.11. The van der Waals surface area contributed by atoms with Gasteiger partial charge < -0.3 is 10.2 Å². The second kappa shape index (κ2) is 4.69. The van der Waals surface area contributed by atoms with Gasteiger partial charge >= 0.3 is 0 Å². The lowest BCUT2D eigenvalue weighted by molar-refractivity contribution is 0.469. The van der Waals surface area contributed by atoms with Gasteiger partial charge in [-0.3, -0.25) is 0 Å².